The molecule has 1 aromatic carbocycles. The molecule has 2 amide bonds. The fourth-order valence-electron chi connectivity index (χ4n) is 1.87. The van der Waals surface area contributed by atoms with Gasteiger partial charge in [-0.25, -0.2) is 9.40 Å². The van der Waals surface area contributed by atoms with Crippen LogP contribution in [0, 0.1) is 5.82 Å². The smallest absolute Gasteiger partial charge is 0.318 e. The summed E-state index contributed by atoms with van der Waals surface area (Å²) in [6, 6.07) is 3.70. The van der Waals surface area contributed by atoms with Crippen LogP contribution in [-0.4, -0.2) is 54.9 Å². The highest BCUT2D eigenvalue weighted by Crippen LogP contribution is 2.19. The van der Waals surface area contributed by atoms with E-state index in [-0.39, 0.29) is 10.7 Å². The summed E-state index contributed by atoms with van der Waals surface area (Å²) in [6.07, 6.45) is 0. The molecular weight excluding hydrogens is 299 g/mol. The Balaban J connectivity index is 1.87. The molecule has 0 saturated carbocycles. The third-order valence-electron chi connectivity index (χ3n) is 3.15. The zero-order valence-electron chi connectivity index (χ0n) is 11.5. The third kappa shape index (κ3) is 4.38. The standard InChI is InChI=1S/C13H16ClFN4O2/c1-18-4-6-19(7-5-18)17-13(21)12(20)16-9-2-3-11(15)10(14)8-9/h2-3,8H,4-7H2,1H3,(H,16,20)(H,17,21). The minimum atomic E-state index is -0.823. The Bertz CT molecular complexity index is 547. The van der Waals surface area contributed by atoms with Gasteiger partial charge in [-0.1, -0.05) is 11.6 Å². The molecule has 1 aromatic rings. The Morgan fingerprint density at radius 3 is 2.48 bits per heavy atom. The van der Waals surface area contributed by atoms with Gasteiger partial charge in [-0.15, -0.1) is 0 Å². The van der Waals surface area contributed by atoms with E-state index < -0.39 is 17.6 Å². The molecule has 0 aliphatic carbocycles. The second-order valence-corrected chi connectivity index (χ2v) is 5.22. The number of nitrogens with one attached hydrogen (secondary N) is 2. The first-order chi connectivity index (χ1) is 9.95. The van der Waals surface area contributed by atoms with E-state index in [1.807, 2.05) is 7.05 Å². The average Bonchev–Trinajstić information content (AvgIpc) is 2.45. The van der Waals surface area contributed by atoms with Gasteiger partial charge in [0, 0.05) is 31.9 Å². The first kappa shape index (κ1) is 15.7. The largest absolute Gasteiger partial charge is 0.323 e. The van der Waals surface area contributed by atoms with Crippen molar-refractivity contribution in [3.8, 4) is 0 Å². The van der Waals surface area contributed by atoms with E-state index in [2.05, 4.69) is 15.6 Å². The molecule has 1 heterocycles. The predicted molar refractivity (Wildman–Crippen MR) is 77.3 cm³/mol. The minimum absolute atomic E-state index is 0.118. The molecule has 0 atom stereocenters. The van der Waals surface area contributed by atoms with Crippen molar-refractivity contribution in [2.45, 2.75) is 0 Å². The van der Waals surface area contributed by atoms with Crippen LogP contribution in [0.15, 0.2) is 18.2 Å². The molecule has 114 valence electrons. The van der Waals surface area contributed by atoms with E-state index in [1.54, 1.807) is 5.01 Å². The Kier molecular flexibility index (Phi) is 5.11. The van der Waals surface area contributed by atoms with Gasteiger partial charge in [0.05, 0.1) is 5.02 Å². The summed E-state index contributed by atoms with van der Waals surface area (Å²) in [5.74, 6) is -2.17. The van der Waals surface area contributed by atoms with Crippen LogP contribution in [0.2, 0.25) is 5.02 Å². The van der Waals surface area contributed by atoms with Gasteiger partial charge in [0.2, 0.25) is 0 Å². The summed E-state index contributed by atoms with van der Waals surface area (Å²) >= 11 is 5.61. The van der Waals surface area contributed by atoms with Gasteiger partial charge in [-0.05, 0) is 25.2 Å². The van der Waals surface area contributed by atoms with Crippen LogP contribution in [0.5, 0.6) is 0 Å². The van der Waals surface area contributed by atoms with Crippen molar-refractivity contribution in [1.29, 1.82) is 0 Å². The molecule has 1 aliphatic heterocycles. The topological polar surface area (TPSA) is 64.7 Å². The Hall–Kier alpha value is -1.70. The number of hydrogen-bond acceptors (Lipinski definition) is 4. The predicted octanol–water partition coefficient (Wildman–Crippen LogP) is 0.696. The summed E-state index contributed by atoms with van der Waals surface area (Å²) in [5.41, 5.74) is 2.80. The van der Waals surface area contributed by atoms with Crippen LogP contribution in [0.25, 0.3) is 0 Å². The number of rotatable bonds is 2. The molecular formula is C13H16ClFN4O2. The van der Waals surface area contributed by atoms with Crippen LogP contribution in [0.1, 0.15) is 0 Å². The zero-order chi connectivity index (χ0) is 15.4. The van der Waals surface area contributed by atoms with Crippen molar-refractivity contribution in [3.05, 3.63) is 29.0 Å². The fourth-order valence-corrected chi connectivity index (χ4v) is 2.05. The lowest BCUT2D eigenvalue weighted by Crippen LogP contribution is -2.54. The number of benzene rings is 1. The van der Waals surface area contributed by atoms with Gasteiger partial charge >= 0.3 is 11.8 Å². The molecule has 8 heteroatoms. The number of carbonyl (C=O) groups is 2. The number of hydrogen-bond donors (Lipinski definition) is 2. The van der Waals surface area contributed by atoms with Crippen LogP contribution in [0.4, 0.5) is 10.1 Å². The van der Waals surface area contributed by atoms with Gasteiger partial charge in [0.1, 0.15) is 5.82 Å². The minimum Gasteiger partial charge on any atom is -0.318 e. The van der Waals surface area contributed by atoms with E-state index in [0.29, 0.717) is 13.1 Å². The van der Waals surface area contributed by atoms with Gasteiger partial charge in [0.25, 0.3) is 0 Å². The third-order valence-corrected chi connectivity index (χ3v) is 3.44. The number of halogens is 2. The number of anilines is 1. The Labute approximate surface area is 126 Å². The van der Waals surface area contributed by atoms with Crippen molar-refractivity contribution in [2.75, 3.05) is 38.5 Å². The number of likely N-dealkylation sites (N-methyl/N-ethyl adjacent to an activating group) is 1. The van der Waals surface area contributed by atoms with E-state index >= 15 is 0 Å². The molecule has 6 nitrogen and oxygen atoms in total. The molecule has 0 radical (unpaired) electrons. The summed E-state index contributed by atoms with van der Waals surface area (Å²) < 4.78 is 13.0. The molecule has 0 spiro atoms. The molecule has 1 saturated heterocycles. The maximum absolute atomic E-state index is 13.0. The molecule has 0 unspecified atom stereocenters. The number of nitrogens with zero attached hydrogens (tertiary/aromatic N) is 2. The highest BCUT2D eigenvalue weighted by atomic mass is 35.5. The fraction of sp³-hybridized carbons (Fsp3) is 0.385. The average molecular weight is 315 g/mol. The summed E-state index contributed by atoms with van der Waals surface area (Å²) in [7, 11) is 1.99. The molecule has 0 aromatic heterocycles. The van der Waals surface area contributed by atoms with Crippen LogP contribution in [0.3, 0.4) is 0 Å². The van der Waals surface area contributed by atoms with E-state index in [1.165, 1.54) is 12.1 Å². The second-order valence-electron chi connectivity index (χ2n) is 4.81. The van der Waals surface area contributed by atoms with Crippen molar-refractivity contribution in [2.24, 2.45) is 0 Å². The Morgan fingerprint density at radius 2 is 1.86 bits per heavy atom. The van der Waals surface area contributed by atoms with Crippen molar-refractivity contribution in [3.63, 3.8) is 0 Å². The van der Waals surface area contributed by atoms with E-state index in [9.17, 15) is 14.0 Å². The molecule has 21 heavy (non-hydrogen) atoms. The first-order valence-electron chi connectivity index (χ1n) is 6.46. The monoisotopic (exact) mass is 314 g/mol. The SMILES string of the molecule is CN1CCN(NC(=O)C(=O)Nc2ccc(F)c(Cl)c2)CC1. The molecule has 1 fully saturated rings. The van der Waals surface area contributed by atoms with Crippen molar-refractivity contribution < 1.29 is 14.0 Å². The highest BCUT2D eigenvalue weighted by molar-refractivity contribution is 6.39. The van der Waals surface area contributed by atoms with Crippen molar-refractivity contribution >= 4 is 29.1 Å². The summed E-state index contributed by atoms with van der Waals surface area (Å²) in [5, 5.41) is 3.94. The van der Waals surface area contributed by atoms with Crippen LogP contribution >= 0.6 is 11.6 Å². The summed E-state index contributed by atoms with van der Waals surface area (Å²) in [4.78, 5) is 25.6. The second kappa shape index (κ2) is 6.84. The van der Waals surface area contributed by atoms with E-state index in [0.717, 1.165) is 19.2 Å². The van der Waals surface area contributed by atoms with Gasteiger partial charge in [-0.2, -0.15) is 0 Å². The lowest BCUT2D eigenvalue weighted by Gasteiger charge is -2.32. The number of hydrazine groups is 1. The molecule has 2 N–H and O–H groups in total. The number of carbonyl (C=O) groups excluding carboxylic acids is 2. The maximum Gasteiger partial charge on any atom is 0.323 e. The van der Waals surface area contributed by atoms with Gasteiger partial charge in [-0.3, -0.25) is 15.0 Å². The van der Waals surface area contributed by atoms with Gasteiger partial charge < -0.3 is 10.2 Å². The Morgan fingerprint density at radius 1 is 1.19 bits per heavy atom. The number of amides is 2. The van der Waals surface area contributed by atoms with Crippen LogP contribution < -0.4 is 10.7 Å². The quantitative estimate of drug-likeness (QED) is 0.789. The first-order valence-corrected chi connectivity index (χ1v) is 6.84. The highest BCUT2D eigenvalue weighted by Gasteiger charge is 2.20. The zero-order valence-corrected chi connectivity index (χ0v) is 12.3. The maximum atomic E-state index is 13.0. The number of piperazine rings is 1. The normalized spacial score (nSPS) is 16.5. The summed E-state index contributed by atoms with van der Waals surface area (Å²) in [6.45, 7) is 2.93. The van der Waals surface area contributed by atoms with E-state index in [4.69, 9.17) is 11.6 Å². The molecule has 2 rings (SSSR count). The van der Waals surface area contributed by atoms with Gasteiger partial charge in [0.15, 0.2) is 0 Å². The molecule has 1 aliphatic rings. The molecule has 0 bridgehead atoms. The lowest BCUT2D eigenvalue weighted by molar-refractivity contribution is -0.139. The van der Waals surface area contributed by atoms with Crippen LogP contribution in [-0.2, 0) is 9.59 Å². The lowest BCUT2D eigenvalue weighted by atomic mass is 10.3. The van der Waals surface area contributed by atoms with Crippen molar-refractivity contribution in [1.82, 2.24) is 15.3 Å².